The lowest BCUT2D eigenvalue weighted by Gasteiger charge is -2.35. The van der Waals surface area contributed by atoms with Crippen molar-refractivity contribution in [3.8, 4) is 0 Å². The highest BCUT2D eigenvalue weighted by molar-refractivity contribution is 4.82. The van der Waals surface area contributed by atoms with Gasteiger partial charge in [-0.1, -0.05) is 0 Å². The number of nitrogens with zero attached hydrogens (tertiary/aromatic N) is 2. The zero-order chi connectivity index (χ0) is 12.3. The van der Waals surface area contributed by atoms with Gasteiger partial charge < -0.3 is 19.9 Å². The van der Waals surface area contributed by atoms with Crippen LogP contribution in [0.3, 0.4) is 0 Å². The molecule has 1 N–H and O–H groups in total. The van der Waals surface area contributed by atoms with E-state index in [-0.39, 0.29) is 0 Å². The van der Waals surface area contributed by atoms with E-state index in [0.29, 0.717) is 12.1 Å². The summed E-state index contributed by atoms with van der Waals surface area (Å²) in [5, 5.41) is 3.41. The molecular weight excluding hydrogens is 214 g/mol. The maximum atomic E-state index is 5.83. The number of hydrogen-bond donors (Lipinski definition) is 1. The van der Waals surface area contributed by atoms with Gasteiger partial charge in [0.25, 0.3) is 0 Å². The highest BCUT2D eigenvalue weighted by atomic mass is 16.5. The summed E-state index contributed by atoms with van der Waals surface area (Å²) in [7, 11) is 4.46. The Morgan fingerprint density at radius 3 is 2.94 bits per heavy atom. The van der Waals surface area contributed by atoms with Crippen LogP contribution in [-0.4, -0.2) is 75.4 Å². The van der Waals surface area contributed by atoms with E-state index < -0.39 is 0 Å². The molecule has 0 amide bonds. The van der Waals surface area contributed by atoms with Crippen LogP contribution in [0.15, 0.2) is 0 Å². The second kappa shape index (κ2) is 6.14. The highest BCUT2D eigenvalue weighted by Crippen LogP contribution is 2.17. The van der Waals surface area contributed by atoms with Crippen molar-refractivity contribution in [2.75, 3.05) is 53.4 Å². The molecule has 2 aliphatic rings. The minimum atomic E-state index is 0.355. The van der Waals surface area contributed by atoms with Gasteiger partial charge in [0.2, 0.25) is 0 Å². The first kappa shape index (κ1) is 13.3. The topological polar surface area (TPSA) is 27.7 Å². The van der Waals surface area contributed by atoms with Crippen molar-refractivity contribution in [3.63, 3.8) is 0 Å². The average Bonchev–Trinajstić information content (AvgIpc) is 2.75. The monoisotopic (exact) mass is 241 g/mol. The molecule has 0 aliphatic carbocycles. The van der Waals surface area contributed by atoms with Gasteiger partial charge in [0.1, 0.15) is 0 Å². The second-order valence-corrected chi connectivity index (χ2v) is 5.71. The van der Waals surface area contributed by atoms with Crippen LogP contribution in [0.2, 0.25) is 0 Å². The molecule has 3 unspecified atom stereocenters. The molecule has 4 nitrogen and oxygen atoms in total. The molecule has 17 heavy (non-hydrogen) atoms. The molecule has 0 aromatic rings. The number of ether oxygens (including phenoxy) is 1. The fraction of sp³-hybridized carbons (Fsp3) is 1.00. The number of rotatable bonds is 4. The lowest BCUT2D eigenvalue weighted by atomic mass is 10.1. The van der Waals surface area contributed by atoms with E-state index in [4.69, 9.17) is 4.74 Å². The van der Waals surface area contributed by atoms with Crippen LogP contribution in [0.4, 0.5) is 0 Å². The fourth-order valence-corrected chi connectivity index (χ4v) is 2.93. The lowest BCUT2D eigenvalue weighted by molar-refractivity contribution is -0.0225. The van der Waals surface area contributed by atoms with E-state index in [1.165, 1.54) is 26.1 Å². The van der Waals surface area contributed by atoms with E-state index in [9.17, 15) is 0 Å². The Bertz CT molecular complexity index is 231. The molecule has 0 bridgehead atoms. The third-order valence-corrected chi connectivity index (χ3v) is 4.22. The number of likely N-dealkylation sites (tertiary alicyclic amines) is 1. The van der Waals surface area contributed by atoms with Gasteiger partial charge in [-0.3, -0.25) is 0 Å². The van der Waals surface area contributed by atoms with E-state index in [0.717, 1.165) is 25.6 Å². The molecule has 0 spiro atoms. The standard InChI is InChI=1S/C13H27N3O/c1-11(13-8-14-5-7-17-13)16(3)10-12-4-6-15(2)9-12/h11-14H,4-10H2,1-3H3. The van der Waals surface area contributed by atoms with Crippen LogP contribution in [0.5, 0.6) is 0 Å². The molecule has 2 fully saturated rings. The zero-order valence-corrected chi connectivity index (χ0v) is 11.5. The summed E-state index contributed by atoms with van der Waals surface area (Å²) in [4.78, 5) is 4.91. The predicted octanol–water partition coefficient (Wildman–Crippen LogP) is 0.247. The summed E-state index contributed by atoms with van der Waals surface area (Å²) < 4.78 is 5.83. The smallest absolute Gasteiger partial charge is 0.0852 e. The summed E-state index contributed by atoms with van der Waals surface area (Å²) in [6, 6.07) is 0.508. The van der Waals surface area contributed by atoms with E-state index in [2.05, 4.69) is 36.1 Å². The van der Waals surface area contributed by atoms with Gasteiger partial charge in [-0.2, -0.15) is 0 Å². The largest absolute Gasteiger partial charge is 0.374 e. The molecule has 2 rings (SSSR count). The molecule has 100 valence electrons. The van der Waals surface area contributed by atoms with Gasteiger partial charge in [0, 0.05) is 32.2 Å². The van der Waals surface area contributed by atoms with Gasteiger partial charge in [0.05, 0.1) is 12.7 Å². The molecule has 4 heteroatoms. The molecule has 0 radical (unpaired) electrons. The highest BCUT2D eigenvalue weighted by Gasteiger charge is 2.27. The molecule has 0 aromatic heterocycles. The minimum absolute atomic E-state index is 0.355. The molecule has 3 atom stereocenters. The molecule has 0 saturated carbocycles. The third kappa shape index (κ3) is 3.65. The van der Waals surface area contributed by atoms with Crippen molar-refractivity contribution < 1.29 is 4.74 Å². The molecular formula is C13H27N3O. The van der Waals surface area contributed by atoms with E-state index in [1.54, 1.807) is 0 Å². The van der Waals surface area contributed by atoms with Crippen LogP contribution in [-0.2, 0) is 4.74 Å². The summed E-state index contributed by atoms with van der Waals surface area (Å²) in [5.74, 6) is 0.837. The Kier molecular flexibility index (Phi) is 4.79. The van der Waals surface area contributed by atoms with E-state index >= 15 is 0 Å². The fourth-order valence-electron chi connectivity index (χ4n) is 2.93. The Morgan fingerprint density at radius 1 is 1.53 bits per heavy atom. The van der Waals surface area contributed by atoms with Crippen LogP contribution in [0.1, 0.15) is 13.3 Å². The zero-order valence-electron chi connectivity index (χ0n) is 11.5. The van der Waals surface area contributed by atoms with Crippen LogP contribution in [0, 0.1) is 5.92 Å². The van der Waals surface area contributed by atoms with Gasteiger partial charge in [-0.15, -0.1) is 0 Å². The molecule has 2 heterocycles. The summed E-state index contributed by atoms with van der Waals surface area (Å²) in [6.45, 7) is 8.85. The maximum Gasteiger partial charge on any atom is 0.0852 e. The van der Waals surface area contributed by atoms with Crippen LogP contribution < -0.4 is 5.32 Å². The summed E-state index contributed by atoms with van der Waals surface area (Å²) >= 11 is 0. The van der Waals surface area contributed by atoms with Crippen molar-refractivity contribution in [1.82, 2.24) is 15.1 Å². The Labute approximate surface area is 105 Å². The minimum Gasteiger partial charge on any atom is -0.374 e. The second-order valence-electron chi connectivity index (χ2n) is 5.71. The normalized spacial score (nSPS) is 33.2. The van der Waals surface area contributed by atoms with Crippen LogP contribution >= 0.6 is 0 Å². The third-order valence-electron chi connectivity index (χ3n) is 4.22. The molecule has 2 aliphatic heterocycles. The maximum absolute atomic E-state index is 5.83. The number of nitrogens with one attached hydrogen (secondary N) is 1. The van der Waals surface area contributed by atoms with Crippen molar-refractivity contribution in [2.45, 2.75) is 25.5 Å². The quantitative estimate of drug-likeness (QED) is 0.763. The predicted molar refractivity (Wildman–Crippen MR) is 70.3 cm³/mol. The number of hydrogen-bond acceptors (Lipinski definition) is 4. The first-order valence-electron chi connectivity index (χ1n) is 6.88. The summed E-state index contributed by atoms with van der Waals surface area (Å²) in [5.41, 5.74) is 0. The number of morpholine rings is 1. The summed E-state index contributed by atoms with van der Waals surface area (Å²) in [6.07, 6.45) is 1.70. The van der Waals surface area contributed by atoms with Crippen molar-refractivity contribution in [3.05, 3.63) is 0 Å². The van der Waals surface area contributed by atoms with Crippen molar-refractivity contribution in [1.29, 1.82) is 0 Å². The first-order valence-corrected chi connectivity index (χ1v) is 6.88. The van der Waals surface area contributed by atoms with Gasteiger partial charge in [0.15, 0.2) is 0 Å². The van der Waals surface area contributed by atoms with Gasteiger partial charge in [-0.05, 0) is 39.9 Å². The lowest BCUT2D eigenvalue weighted by Crippen LogP contribution is -2.50. The average molecular weight is 241 g/mol. The van der Waals surface area contributed by atoms with Gasteiger partial charge in [-0.25, -0.2) is 0 Å². The Balaban J connectivity index is 1.76. The Morgan fingerprint density at radius 2 is 2.35 bits per heavy atom. The van der Waals surface area contributed by atoms with E-state index in [1.807, 2.05) is 0 Å². The van der Waals surface area contributed by atoms with Gasteiger partial charge >= 0.3 is 0 Å². The van der Waals surface area contributed by atoms with Crippen LogP contribution in [0.25, 0.3) is 0 Å². The Hall–Kier alpha value is -0.160. The van der Waals surface area contributed by atoms with Crippen molar-refractivity contribution in [2.24, 2.45) is 5.92 Å². The molecule has 2 saturated heterocycles. The molecule has 0 aromatic carbocycles. The van der Waals surface area contributed by atoms with Crippen molar-refractivity contribution >= 4 is 0 Å². The number of likely N-dealkylation sites (N-methyl/N-ethyl adjacent to an activating group) is 1. The first-order chi connectivity index (χ1) is 8.16. The SMILES string of the molecule is CC(C1CNCCO1)N(C)CC1CCN(C)C1.